The summed E-state index contributed by atoms with van der Waals surface area (Å²) in [5.41, 5.74) is 0.676. The van der Waals surface area contributed by atoms with Gasteiger partial charge in [0.15, 0.2) is 0 Å². The summed E-state index contributed by atoms with van der Waals surface area (Å²) in [4.78, 5) is 14.7. The van der Waals surface area contributed by atoms with E-state index in [9.17, 15) is 4.79 Å². The van der Waals surface area contributed by atoms with E-state index in [2.05, 4.69) is 21.6 Å². The third-order valence-corrected chi connectivity index (χ3v) is 1.56. The SMILES string of the molecule is C=Cc1coc(/C=C\CNC(=O)OC)n1. The fourth-order valence-electron chi connectivity index (χ4n) is 0.845. The van der Waals surface area contributed by atoms with Crippen molar-refractivity contribution in [2.24, 2.45) is 0 Å². The first kappa shape index (κ1) is 11.0. The van der Waals surface area contributed by atoms with Gasteiger partial charge in [-0.2, -0.15) is 0 Å². The molecule has 0 saturated carbocycles. The van der Waals surface area contributed by atoms with Crippen LogP contribution in [0, 0.1) is 0 Å². The largest absolute Gasteiger partial charge is 0.453 e. The van der Waals surface area contributed by atoms with Crippen molar-refractivity contribution < 1.29 is 13.9 Å². The molecule has 1 aromatic heterocycles. The average molecular weight is 208 g/mol. The molecule has 1 heterocycles. The molecule has 0 aliphatic carbocycles. The van der Waals surface area contributed by atoms with Crippen LogP contribution < -0.4 is 5.32 Å². The molecule has 0 spiro atoms. The number of hydrogen-bond donors (Lipinski definition) is 1. The molecule has 0 aliphatic heterocycles. The van der Waals surface area contributed by atoms with Crippen molar-refractivity contribution in [2.75, 3.05) is 13.7 Å². The minimum absolute atomic E-state index is 0.360. The maximum Gasteiger partial charge on any atom is 0.407 e. The number of oxazole rings is 1. The number of hydrogen-bond acceptors (Lipinski definition) is 4. The Bertz CT molecular complexity index is 368. The van der Waals surface area contributed by atoms with E-state index in [1.165, 1.54) is 13.4 Å². The van der Waals surface area contributed by atoms with E-state index >= 15 is 0 Å². The van der Waals surface area contributed by atoms with E-state index in [1.807, 2.05) is 0 Å². The van der Waals surface area contributed by atoms with E-state index < -0.39 is 6.09 Å². The first-order valence-corrected chi connectivity index (χ1v) is 4.32. The highest BCUT2D eigenvalue weighted by Crippen LogP contribution is 2.04. The number of rotatable bonds is 4. The van der Waals surface area contributed by atoms with Gasteiger partial charge in [-0.15, -0.1) is 0 Å². The highest BCUT2D eigenvalue weighted by molar-refractivity contribution is 5.67. The van der Waals surface area contributed by atoms with Crippen molar-refractivity contribution in [1.29, 1.82) is 0 Å². The third kappa shape index (κ3) is 3.68. The van der Waals surface area contributed by atoms with Gasteiger partial charge in [-0.1, -0.05) is 12.7 Å². The summed E-state index contributed by atoms with van der Waals surface area (Å²) < 4.78 is 9.46. The minimum atomic E-state index is -0.473. The Labute approximate surface area is 87.4 Å². The molecule has 0 aliphatic rings. The van der Waals surface area contributed by atoms with Crippen LogP contribution in [0.3, 0.4) is 0 Å². The summed E-state index contributed by atoms with van der Waals surface area (Å²) in [6.45, 7) is 3.91. The van der Waals surface area contributed by atoms with Gasteiger partial charge in [-0.05, 0) is 12.2 Å². The molecule has 1 amide bonds. The lowest BCUT2D eigenvalue weighted by Gasteiger charge is -1.97. The molecule has 80 valence electrons. The van der Waals surface area contributed by atoms with Crippen LogP contribution in [0.4, 0.5) is 4.79 Å². The van der Waals surface area contributed by atoms with Crippen molar-refractivity contribution in [1.82, 2.24) is 10.3 Å². The Morgan fingerprint density at radius 2 is 2.60 bits per heavy atom. The smallest absolute Gasteiger partial charge is 0.407 e. The van der Waals surface area contributed by atoms with Gasteiger partial charge in [0.05, 0.1) is 7.11 Å². The molecule has 5 heteroatoms. The number of carbonyl (C=O) groups is 1. The van der Waals surface area contributed by atoms with E-state index in [-0.39, 0.29) is 0 Å². The highest BCUT2D eigenvalue weighted by atomic mass is 16.5. The zero-order chi connectivity index (χ0) is 11.1. The zero-order valence-electron chi connectivity index (χ0n) is 8.40. The molecule has 0 saturated heterocycles. The number of methoxy groups -OCH3 is 1. The lowest BCUT2D eigenvalue weighted by Crippen LogP contribution is -2.22. The van der Waals surface area contributed by atoms with Crippen LogP contribution in [0.15, 0.2) is 23.3 Å². The minimum Gasteiger partial charge on any atom is -0.453 e. The molecule has 0 fully saturated rings. The number of nitrogens with zero attached hydrogens (tertiary/aromatic N) is 1. The molecule has 0 bridgehead atoms. The van der Waals surface area contributed by atoms with E-state index in [0.29, 0.717) is 18.1 Å². The Kier molecular flexibility index (Phi) is 4.15. The van der Waals surface area contributed by atoms with Crippen molar-refractivity contribution >= 4 is 18.2 Å². The van der Waals surface area contributed by atoms with E-state index in [0.717, 1.165) is 0 Å². The number of nitrogens with one attached hydrogen (secondary N) is 1. The van der Waals surface area contributed by atoms with Crippen LogP contribution in [0.25, 0.3) is 12.2 Å². The molecule has 1 rings (SSSR count). The molecule has 1 N–H and O–H groups in total. The molecule has 0 atom stereocenters. The fourth-order valence-corrected chi connectivity index (χ4v) is 0.845. The normalized spacial score (nSPS) is 10.2. The van der Waals surface area contributed by atoms with Crippen LogP contribution in [0.2, 0.25) is 0 Å². The monoisotopic (exact) mass is 208 g/mol. The Morgan fingerprint density at radius 1 is 1.80 bits per heavy atom. The van der Waals surface area contributed by atoms with Gasteiger partial charge in [0.25, 0.3) is 0 Å². The molecule has 0 aromatic carbocycles. The number of alkyl carbamates (subject to hydrolysis) is 1. The number of amides is 1. The van der Waals surface area contributed by atoms with Gasteiger partial charge in [0, 0.05) is 6.54 Å². The van der Waals surface area contributed by atoms with Crippen LogP contribution in [0.1, 0.15) is 11.6 Å². The third-order valence-electron chi connectivity index (χ3n) is 1.56. The average Bonchev–Trinajstić information content (AvgIpc) is 2.72. The number of ether oxygens (including phenoxy) is 1. The van der Waals surface area contributed by atoms with Crippen molar-refractivity contribution in [3.63, 3.8) is 0 Å². The van der Waals surface area contributed by atoms with Gasteiger partial charge < -0.3 is 14.5 Å². The first-order chi connectivity index (χ1) is 7.26. The summed E-state index contributed by atoms with van der Waals surface area (Å²) in [6.07, 6.45) is 5.98. The second-order valence-electron chi connectivity index (χ2n) is 2.59. The maximum atomic E-state index is 10.7. The van der Waals surface area contributed by atoms with Gasteiger partial charge in [-0.25, -0.2) is 9.78 Å². The fraction of sp³-hybridized carbons (Fsp3) is 0.200. The first-order valence-electron chi connectivity index (χ1n) is 4.32. The summed E-state index contributed by atoms with van der Waals surface area (Å²) in [6, 6.07) is 0. The Hall–Kier alpha value is -2.04. The van der Waals surface area contributed by atoms with Crippen LogP contribution in [-0.4, -0.2) is 24.7 Å². The molecule has 0 radical (unpaired) electrons. The van der Waals surface area contributed by atoms with E-state index in [4.69, 9.17) is 4.42 Å². The van der Waals surface area contributed by atoms with Crippen LogP contribution in [0.5, 0.6) is 0 Å². The Morgan fingerprint density at radius 3 is 3.20 bits per heavy atom. The number of carbonyl (C=O) groups excluding carboxylic acids is 1. The van der Waals surface area contributed by atoms with Crippen molar-refractivity contribution in [3.8, 4) is 0 Å². The molecule has 0 unspecified atom stereocenters. The summed E-state index contributed by atoms with van der Waals surface area (Å²) >= 11 is 0. The molecule has 1 aromatic rings. The second-order valence-corrected chi connectivity index (χ2v) is 2.59. The second kappa shape index (κ2) is 5.64. The van der Waals surface area contributed by atoms with Crippen LogP contribution in [-0.2, 0) is 4.74 Å². The number of aromatic nitrogens is 1. The van der Waals surface area contributed by atoms with Crippen LogP contribution >= 0.6 is 0 Å². The summed E-state index contributed by atoms with van der Waals surface area (Å²) in [5.74, 6) is 0.469. The summed E-state index contributed by atoms with van der Waals surface area (Å²) in [5, 5.41) is 2.49. The Balaban J connectivity index is 2.37. The van der Waals surface area contributed by atoms with Gasteiger partial charge >= 0.3 is 6.09 Å². The predicted octanol–water partition coefficient (Wildman–Crippen LogP) is 1.69. The van der Waals surface area contributed by atoms with Crippen molar-refractivity contribution in [2.45, 2.75) is 0 Å². The molecular formula is C10H12N2O3. The molecular weight excluding hydrogens is 196 g/mol. The summed E-state index contributed by atoms with van der Waals surface area (Å²) in [7, 11) is 1.31. The van der Waals surface area contributed by atoms with Gasteiger partial charge in [-0.3, -0.25) is 0 Å². The highest BCUT2D eigenvalue weighted by Gasteiger charge is 1.96. The van der Waals surface area contributed by atoms with E-state index in [1.54, 1.807) is 18.2 Å². The standard InChI is InChI=1S/C10H12N2O3/c1-3-8-7-15-9(12-8)5-4-6-11-10(13)14-2/h3-5,7H,1,6H2,2H3,(H,11,13)/b5-4-. The quantitative estimate of drug-likeness (QED) is 0.817. The zero-order valence-corrected chi connectivity index (χ0v) is 8.40. The van der Waals surface area contributed by atoms with Crippen molar-refractivity contribution in [3.05, 3.63) is 30.5 Å². The molecule has 5 nitrogen and oxygen atoms in total. The van der Waals surface area contributed by atoms with Gasteiger partial charge in [0.2, 0.25) is 5.89 Å². The topological polar surface area (TPSA) is 64.4 Å². The van der Waals surface area contributed by atoms with Gasteiger partial charge in [0.1, 0.15) is 12.0 Å². The predicted molar refractivity (Wildman–Crippen MR) is 56.0 cm³/mol. The molecule has 15 heavy (non-hydrogen) atoms. The lowest BCUT2D eigenvalue weighted by molar-refractivity contribution is 0.172. The lowest BCUT2D eigenvalue weighted by atomic mass is 10.4. The maximum absolute atomic E-state index is 10.7.